The van der Waals surface area contributed by atoms with Gasteiger partial charge in [0.15, 0.2) is 0 Å². The average molecular weight is 280 g/mol. The van der Waals surface area contributed by atoms with Crippen molar-refractivity contribution >= 4 is 29.3 Å². The number of pyridine rings is 1. The van der Waals surface area contributed by atoms with Crippen molar-refractivity contribution < 1.29 is 9.90 Å². The molecule has 0 spiro atoms. The Labute approximate surface area is 114 Å². The van der Waals surface area contributed by atoms with Crippen LogP contribution in [0, 0.1) is 6.92 Å². The van der Waals surface area contributed by atoms with Crippen molar-refractivity contribution in [3.8, 4) is 0 Å². The molecule has 0 aliphatic heterocycles. The van der Waals surface area contributed by atoms with E-state index in [1.165, 1.54) is 18.0 Å². The van der Waals surface area contributed by atoms with Crippen LogP contribution in [0.1, 0.15) is 15.9 Å². The lowest BCUT2D eigenvalue weighted by atomic mass is 10.2. The van der Waals surface area contributed by atoms with Crippen LogP contribution >= 0.6 is 23.4 Å². The van der Waals surface area contributed by atoms with Crippen LogP contribution in [-0.4, -0.2) is 16.1 Å². The van der Waals surface area contributed by atoms with Crippen molar-refractivity contribution in [2.45, 2.75) is 16.7 Å². The lowest BCUT2D eigenvalue weighted by Crippen LogP contribution is -1.99. The van der Waals surface area contributed by atoms with Gasteiger partial charge in [0.25, 0.3) is 0 Å². The largest absolute Gasteiger partial charge is 0.478 e. The molecule has 92 valence electrons. The number of hydrogen-bond acceptors (Lipinski definition) is 3. The van der Waals surface area contributed by atoms with Gasteiger partial charge in [-0.2, -0.15) is 0 Å². The summed E-state index contributed by atoms with van der Waals surface area (Å²) in [5.74, 6) is -0.981. The first-order valence-electron chi connectivity index (χ1n) is 5.19. The molecule has 1 heterocycles. The molecule has 0 aliphatic rings. The Morgan fingerprint density at radius 1 is 1.33 bits per heavy atom. The normalized spacial score (nSPS) is 10.3. The molecule has 2 rings (SSSR count). The molecule has 0 saturated carbocycles. The maximum absolute atomic E-state index is 11.1. The Kier molecular flexibility index (Phi) is 3.89. The molecular formula is C13H10ClNO2S. The maximum atomic E-state index is 11.1. The zero-order valence-electron chi connectivity index (χ0n) is 9.55. The fourth-order valence-electron chi connectivity index (χ4n) is 1.43. The lowest BCUT2D eigenvalue weighted by molar-refractivity contribution is 0.0692. The number of hydrogen-bond donors (Lipinski definition) is 1. The third kappa shape index (κ3) is 2.83. The molecule has 0 aliphatic carbocycles. The third-order valence-corrected chi connectivity index (χ3v) is 3.85. The van der Waals surface area contributed by atoms with Crippen LogP contribution in [0.5, 0.6) is 0 Å². The predicted octanol–water partition coefficient (Wildman–Crippen LogP) is 3.89. The molecule has 0 bridgehead atoms. The highest BCUT2D eigenvalue weighted by Gasteiger charge is 2.12. The van der Waals surface area contributed by atoms with E-state index in [0.29, 0.717) is 9.92 Å². The SMILES string of the molecule is Cc1ccc(Cl)cc1Sc1ccncc1C(=O)O. The fourth-order valence-corrected chi connectivity index (χ4v) is 2.70. The average Bonchev–Trinajstić information content (AvgIpc) is 2.34. The summed E-state index contributed by atoms with van der Waals surface area (Å²) in [6.07, 6.45) is 2.93. The molecule has 0 fully saturated rings. The molecule has 5 heteroatoms. The first-order chi connectivity index (χ1) is 8.58. The van der Waals surface area contributed by atoms with Crippen molar-refractivity contribution in [1.82, 2.24) is 4.98 Å². The van der Waals surface area contributed by atoms with E-state index in [9.17, 15) is 4.79 Å². The Hall–Kier alpha value is -1.52. The molecule has 0 amide bonds. The second-order valence-corrected chi connectivity index (χ2v) is 5.21. The number of halogens is 1. The van der Waals surface area contributed by atoms with Gasteiger partial charge < -0.3 is 5.11 Å². The van der Waals surface area contributed by atoms with E-state index >= 15 is 0 Å². The van der Waals surface area contributed by atoms with Crippen LogP contribution in [0.15, 0.2) is 46.5 Å². The molecule has 1 aromatic carbocycles. The van der Waals surface area contributed by atoms with Crippen LogP contribution in [0.3, 0.4) is 0 Å². The fraction of sp³-hybridized carbons (Fsp3) is 0.0769. The van der Waals surface area contributed by atoms with Gasteiger partial charge in [-0.05, 0) is 30.7 Å². The van der Waals surface area contributed by atoms with Gasteiger partial charge in [0, 0.05) is 27.2 Å². The van der Waals surface area contributed by atoms with E-state index in [2.05, 4.69) is 4.98 Å². The van der Waals surface area contributed by atoms with E-state index in [0.717, 1.165) is 10.5 Å². The molecule has 0 radical (unpaired) electrons. The van der Waals surface area contributed by atoms with Crippen molar-refractivity contribution in [2.24, 2.45) is 0 Å². The minimum atomic E-state index is -0.981. The minimum absolute atomic E-state index is 0.196. The van der Waals surface area contributed by atoms with Crippen LogP contribution in [0.2, 0.25) is 5.02 Å². The first-order valence-corrected chi connectivity index (χ1v) is 6.38. The Morgan fingerprint density at radius 3 is 2.83 bits per heavy atom. The van der Waals surface area contributed by atoms with Crippen LogP contribution in [0.25, 0.3) is 0 Å². The van der Waals surface area contributed by atoms with E-state index in [-0.39, 0.29) is 5.56 Å². The van der Waals surface area contributed by atoms with Crippen molar-refractivity contribution in [2.75, 3.05) is 0 Å². The second kappa shape index (κ2) is 5.42. The molecule has 0 saturated heterocycles. The van der Waals surface area contributed by atoms with Gasteiger partial charge in [-0.25, -0.2) is 4.79 Å². The number of carbonyl (C=O) groups is 1. The molecule has 1 aromatic heterocycles. The summed E-state index contributed by atoms with van der Waals surface area (Å²) in [4.78, 5) is 16.5. The summed E-state index contributed by atoms with van der Waals surface area (Å²) < 4.78 is 0. The van der Waals surface area contributed by atoms with E-state index in [4.69, 9.17) is 16.7 Å². The van der Waals surface area contributed by atoms with Gasteiger partial charge in [-0.15, -0.1) is 0 Å². The number of carboxylic acid groups (broad SMARTS) is 1. The summed E-state index contributed by atoms with van der Waals surface area (Å²) >= 11 is 7.32. The Bertz CT molecular complexity index is 601. The summed E-state index contributed by atoms with van der Waals surface area (Å²) in [6.45, 7) is 1.96. The first kappa shape index (κ1) is 12.9. The van der Waals surface area contributed by atoms with Gasteiger partial charge in [0.1, 0.15) is 0 Å². The van der Waals surface area contributed by atoms with Crippen molar-refractivity contribution in [1.29, 1.82) is 0 Å². The number of carboxylic acids is 1. The second-order valence-electron chi connectivity index (χ2n) is 3.69. The quantitative estimate of drug-likeness (QED) is 0.926. The predicted molar refractivity (Wildman–Crippen MR) is 71.5 cm³/mol. The molecule has 3 nitrogen and oxygen atoms in total. The highest BCUT2D eigenvalue weighted by atomic mass is 35.5. The van der Waals surface area contributed by atoms with Crippen LogP contribution in [0.4, 0.5) is 0 Å². The molecule has 2 aromatic rings. The third-order valence-electron chi connectivity index (χ3n) is 2.38. The number of aryl methyl sites for hydroxylation is 1. The minimum Gasteiger partial charge on any atom is -0.478 e. The highest BCUT2D eigenvalue weighted by Crippen LogP contribution is 2.33. The van der Waals surface area contributed by atoms with Gasteiger partial charge in [-0.1, -0.05) is 29.4 Å². The topological polar surface area (TPSA) is 50.2 Å². The molecule has 1 N–H and O–H groups in total. The summed E-state index contributed by atoms with van der Waals surface area (Å²) in [7, 11) is 0. The number of aromatic carboxylic acids is 1. The zero-order chi connectivity index (χ0) is 13.1. The zero-order valence-corrected chi connectivity index (χ0v) is 11.1. The van der Waals surface area contributed by atoms with Crippen molar-refractivity contribution in [3.05, 3.63) is 52.8 Å². The molecule has 18 heavy (non-hydrogen) atoms. The Balaban J connectivity index is 2.40. The number of aromatic nitrogens is 1. The van der Waals surface area contributed by atoms with E-state index in [1.54, 1.807) is 12.3 Å². The smallest absolute Gasteiger partial charge is 0.338 e. The van der Waals surface area contributed by atoms with Gasteiger partial charge >= 0.3 is 5.97 Å². The summed E-state index contributed by atoms with van der Waals surface area (Å²) in [5.41, 5.74) is 1.25. The number of rotatable bonds is 3. The molecule has 0 atom stereocenters. The van der Waals surface area contributed by atoms with Crippen LogP contribution in [-0.2, 0) is 0 Å². The van der Waals surface area contributed by atoms with Crippen molar-refractivity contribution in [3.63, 3.8) is 0 Å². The lowest BCUT2D eigenvalue weighted by Gasteiger charge is -2.08. The van der Waals surface area contributed by atoms with Crippen LogP contribution < -0.4 is 0 Å². The summed E-state index contributed by atoms with van der Waals surface area (Å²) in [5, 5.41) is 9.72. The van der Waals surface area contributed by atoms with Gasteiger partial charge in [0.2, 0.25) is 0 Å². The van der Waals surface area contributed by atoms with Gasteiger partial charge in [-0.3, -0.25) is 4.98 Å². The van der Waals surface area contributed by atoms with Gasteiger partial charge in [0.05, 0.1) is 5.56 Å². The van der Waals surface area contributed by atoms with E-state index < -0.39 is 5.97 Å². The summed E-state index contributed by atoms with van der Waals surface area (Å²) in [6, 6.07) is 7.24. The molecular weight excluding hydrogens is 270 g/mol. The number of nitrogens with zero attached hydrogens (tertiary/aromatic N) is 1. The number of benzene rings is 1. The Morgan fingerprint density at radius 2 is 2.11 bits per heavy atom. The maximum Gasteiger partial charge on any atom is 0.338 e. The standard InChI is InChI=1S/C13H10ClNO2S/c1-8-2-3-9(14)6-12(8)18-11-4-5-15-7-10(11)13(16)17/h2-7H,1H3,(H,16,17). The highest BCUT2D eigenvalue weighted by molar-refractivity contribution is 7.99. The molecule has 0 unspecified atom stereocenters. The monoisotopic (exact) mass is 279 g/mol. The van der Waals surface area contributed by atoms with E-state index in [1.807, 2.05) is 25.1 Å².